The second kappa shape index (κ2) is 3.99. The molecule has 3 heterocycles. The maximum atomic E-state index is 11.0. The molecule has 0 saturated heterocycles. The number of rotatable bonds is 3. The average molecular weight is 243 g/mol. The van der Waals surface area contributed by atoms with Crippen molar-refractivity contribution in [2.24, 2.45) is 0 Å². The van der Waals surface area contributed by atoms with Crippen LogP contribution >= 0.6 is 0 Å². The van der Waals surface area contributed by atoms with Crippen LogP contribution in [0, 0.1) is 0 Å². The number of nitrogens with zero attached hydrogens (tertiary/aromatic N) is 3. The molecule has 0 atom stereocenters. The number of hydrogen-bond donors (Lipinski definition) is 1. The Kier molecular flexibility index (Phi) is 2.33. The minimum absolute atomic E-state index is 0.135. The third kappa shape index (κ3) is 1.73. The van der Waals surface area contributed by atoms with Gasteiger partial charge in [0.1, 0.15) is 11.3 Å². The molecule has 3 aromatic heterocycles. The van der Waals surface area contributed by atoms with Crippen molar-refractivity contribution in [3.63, 3.8) is 0 Å². The van der Waals surface area contributed by atoms with Crippen LogP contribution in [0.1, 0.15) is 21.9 Å². The van der Waals surface area contributed by atoms with Crippen molar-refractivity contribution < 1.29 is 14.3 Å². The first-order valence-electron chi connectivity index (χ1n) is 5.34. The van der Waals surface area contributed by atoms with Crippen molar-refractivity contribution in [1.29, 1.82) is 0 Å². The molecule has 0 spiro atoms. The highest BCUT2D eigenvalue weighted by molar-refractivity contribution is 5.94. The van der Waals surface area contributed by atoms with Gasteiger partial charge >= 0.3 is 5.97 Å². The summed E-state index contributed by atoms with van der Waals surface area (Å²) in [7, 11) is 0. The molecule has 0 aliphatic heterocycles. The van der Waals surface area contributed by atoms with Gasteiger partial charge in [-0.25, -0.2) is 14.3 Å². The van der Waals surface area contributed by atoms with E-state index >= 15 is 0 Å². The number of carboxylic acid groups (broad SMARTS) is 1. The van der Waals surface area contributed by atoms with Gasteiger partial charge in [-0.3, -0.25) is 0 Å². The van der Waals surface area contributed by atoms with Crippen LogP contribution < -0.4 is 0 Å². The molecular weight excluding hydrogens is 234 g/mol. The van der Waals surface area contributed by atoms with Gasteiger partial charge in [0.2, 0.25) is 0 Å². The van der Waals surface area contributed by atoms with Crippen LogP contribution in [0.15, 0.2) is 41.1 Å². The van der Waals surface area contributed by atoms with Crippen LogP contribution in [0.2, 0.25) is 0 Å². The average Bonchev–Trinajstić information content (AvgIpc) is 2.96. The molecule has 6 heteroatoms. The molecule has 0 amide bonds. The molecule has 90 valence electrons. The number of carbonyl (C=O) groups is 1. The second-order valence-corrected chi connectivity index (χ2v) is 3.78. The maximum Gasteiger partial charge on any atom is 0.339 e. The fourth-order valence-corrected chi connectivity index (χ4v) is 1.76. The van der Waals surface area contributed by atoms with Crippen LogP contribution in [0.25, 0.3) is 5.65 Å². The maximum absolute atomic E-state index is 11.0. The van der Waals surface area contributed by atoms with Crippen LogP contribution in [0.3, 0.4) is 0 Å². The van der Waals surface area contributed by atoms with E-state index in [0.717, 1.165) is 5.76 Å². The fourth-order valence-electron chi connectivity index (χ4n) is 1.76. The molecule has 3 rings (SSSR count). The number of fused-ring (bicyclic) bond motifs is 1. The summed E-state index contributed by atoms with van der Waals surface area (Å²) in [5.41, 5.74) is 0.474. The SMILES string of the molecule is O=C(O)c1cccn2nc(Cc3ccco3)nc12. The van der Waals surface area contributed by atoms with Gasteiger partial charge in [-0.05, 0) is 24.3 Å². The molecule has 18 heavy (non-hydrogen) atoms. The fraction of sp³-hybridized carbons (Fsp3) is 0.0833. The lowest BCUT2D eigenvalue weighted by molar-refractivity contribution is 0.0698. The lowest BCUT2D eigenvalue weighted by atomic mass is 10.3. The summed E-state index contributed by atoms with van der Waals surface area (Å²) in [5, 5.41) is 13.3. The molecule has 0 unspecified atom stereocenters. The first-order chi connectivity index (χ1) is 8.74. The zero-order valence-electron chi connectivity index (χ0n) is 9.28. The van der Waals surface area contributed by atoms with E-state index in [1.807, 2.05) is 6.07 Å². The Labute approximate surface area is 101 Å². The van der Waals surface area contributed by atoms with Crippen LogP contribution in [0.4, 0.5) is 0 Å². The smallest absolute Gasteiger partial charge is 0.339 e. The Morgan fingerprint density at radius 3 is 3.00 bits per heavy atom. The topological polar surface area (TPSA) is 80.6 Å². The summed E-state index contributed by atoms with van der Waals surface area (Å²) in [4.78, 5) is 15.3. The van der Waals surface area contributed by atoms with Gasteiger partial charge in [-0.2, -0.15) is 5.10 Å². The Morgan fingerprint density at radius 1 is 1.39 bits per heavy atom. The molecule has 0 fully saturated rings. The molecule has 0 bridgehead atoms. The molecule has 0 saturated carbocycles. The van der Waals surface area contributed by atoms with Gasteiger partial charge < -0.3 is 9.52 Å². The molecule has 0 radical (unpaired) electrons. The van der Waals surface area contributed by atoms with Crippen molar-refractivity contribution in [2.45, 2.75) is 6.42 Å². The summed E-state index contributed by atoms with van der Waals surface area (Å²) >= 11 is 0. The predicted molar refractivity (Wildman–Crippen MR) is 61.5 cm³/mol. The standard InChI is InChI=1S/C12H9N3O3/c16-12(17)9-4-1-5-15-11(9)13-10(14-15)7-8-3-2-6-18-8/h1-6H,7H2,(H,16,17). The van der Waals surface area contributed by atoms with E-state index in [0.29, 0.717) is 17.9 Å². The van der Waals surface area contributed by atoms with E-state index in [-0.39, 0.29) is 5.56 Å². The Hall–Kier alpha value is -2.63. The second-order valence-electron chi connectivity index (χ2n) is 3.78. The van der Waals surface area contributed by atoms with E-state index in [1.165, 1.54) is 10.6 Å². The zero-order valence-corrected chi connectivity index (χ0v) is 9.28. The minimum atomic E-state index is -1.02. The zero-order chi connectivity index (χ0) is 12.5. The van der Waals surface area contributed by atoms with Crippen molar-refractivity contribution >= 4 is 11.6 Å². The van der Waals surface area contributed by atoms with Crippen LogP contribution in [-0.2, 0) is 6.42 Å². The summed E-state index contributed by atoms with van der Waals surface area (Å²) in [6, 6.07) is 6.74. The van der Waals surface area contributed by atoms with Crippen molar-refractivity contribution in [2.75, 3.05) is 0 Å². The Bertz CT molecular complexity index is 701. The van der Waals surface area contributed by atoms with Crippen LogP contribution in [-0.4, -0.2) is 25.7 Å². The van der Waals surface area contributed by atoms with E-state index in [2.05, 4.69) is 10.1 Å². The lowest BCUT2D eigenvalue weighted by Crippen LogP contribution is -2.00. The minimum Gasteiger partial charge on any atom is -0.478 e. The van der Waals surface area contributed by atoms with Crippen molar-refractivity contribution in [3.05, 3.63) is 53.9 Å². The largest absolute Gasteiger partial charge is 0.478 e. The molecular formula is C12H9N3O3. The third-order valence-electron chi connectivity index (χ3n) is 2.55. The molecule has 0 aromatic carbocycles. The summed E-state index contributed by atoms with van der Waals surface area (Å²) in [5.74, 6) is 0.249. The highest BCUT2D eigenvalue weighted by atomic mass is 16.4. The van der Waals surface area contributed by atoms with Crippen molar-refractivity contribution in [1.82, 2.24) is 14.6 Å². The number of aromatic nitrogens is 3. The number of carboxylic acids is 1. The van der Waals surface area contributed by atoms with Gasteiger partial charge in [0.05, 0.1) is 12.7 Å². The first kappa shape index (κ1) is 10.5. The Morgan fingerprint density at radius 2 is 2.28 bits per heavy atom. The number of hydrogen-bond acceptors (Lipinski definition) is 4. The quantitative estimate of drug-likeness (QED) is 0.755. The summed E-state index contributed by atoms with van der Waals surface area (Å²) in [6.07, 6.45) is 3.68. The monoisotopic (exact) mass is 243 g/mol. The number of aromatic carboxylic acids is 1. The Balaban J connectivity index is 2.05. The highest BCUT2D eigenvalue weighted by Gasteiger charge is 2.13. The number of furan rings is 1. The van der Waals surface area contributed by atoms with Gasteiger partial charge in [0.25, 0.3) is 0 Å². The van der Waals surface area contributed by atoms with Gasteiger partial charge in [-0.1, -0.05) is 0 Å². The molecule has 0 aliphatic rings. The number of pyridine rings is 1. The predicted octanol–water partition coefficient (Wildman–Crippen LogP) is 1.61. The van der Waals surface area contributed by atoms with Crippen molar-refractivity contribution in [3.8, 4) is 0 Å². The molecule has 1 N–H and O–H groups in total. The molecule has 3 aromatic rings. The van der Waals surface area contributed by atoms with Gasteiger partial charge in [0, 0.05) is 6.20 Å². The van der Waals surface area contributed by atoms with E-state index in [9.17, 15) is 4.79 Å². The molecule has 0 aliphatic carbocycles. The van der Waals surface area contributed by atoms with E-state index in [4.69, 9.17) is 9.52 Å². The van der Waals surface area contributed by atoms with Gasteiger partial charge in [-0.15, -0.1) is 0 Å². The van der Waals surface area contributed by atoms with E-state index < -0.39 is 5.97 Å². The van der Waals surface area contributed by atoms with Crippen LogP contribution in [0.5, 0.6) is 0 Å². The lowest BCUT2D eigenvalue weighted by Gasteiger charge is -1.94. The molecule has 6 nitrogen and oxygen atoms in total. The van der Waals surface area contributed by atoms with E-state index in [1.54, 1.807) is 24.6 Å². The summed E-state index contributed by atoms with van der Waals surface area (Å²) in [6.45, 7) is 0. The summed E-state index contributed by atoms with van der Waals surface area (Å²) < 4.78 is 6.67. The normalized spacial score (nSPS) is 10.9. The highest BCUT2D eigenvalue weighted by Crippen LogP contribution is 2.11. The third-order valence-corrected chi connectivity index (χ3v) is 2.55. The first-order valence-corrected chi connectivity index (χ1v) is 5.34. The van der Waals surface area contributed by atoms with Gasteiger partial charge in [0.15, 0.2) is 11.5 Å².